The van der Waals surface area contributed by atoms with Crippen LogP contribution in [-0.2, 0) is 6.42 Å². The molecule has 1 aliphatic heterocycles. The van der Waals surface area contributed by atoms with Gasteiger partial charge in [0.2, 0.25) is 0 Å². The molecule has 0 amide bonds. The minimum atomic E-state index is -4.64. The number of benzene rings is 3. The van der Waals surface area contributed by atoms with Crippen molar-refractivity contribution in [2.75, 3.05) is 19.6 Å². The molecule has 0 aromatic heterocycles. The first-order valence-electron chi connectivity index (χ1n) is 17.0. The molecule has 3 nitrogen and oxygen atoms in total. The van der Waals surface area contributed by atoms with Crippen molar-refractivity contribution in [1.82, 2.24) is 4.90 Å². The molecule has 0 atom stereocenters. The fourth-order valence-electron chi connectivity index (χ4n) is 5.74. The van der Waals surface area contributed by atoms with E-state index in [2.05, 4.69) is 68.0 Å². The molecule has 3 aromatic rings. The predicted octanol–water partition coefficient (Wildman–Crippen LogP) is 13.2. The van der Waals surface area contributed by atoms with E-state index in [4.69, 9.17) is 28.3 Å². The lowest BCUT2D eigenvalue weighted by molar-refractivity contribution is -0.119. The molecule has 266 valence electrons. The van der Waals surface area contributed by atoms with Gasteiger partial charge in [-0.1, -0.05) is 126 Å². The Morgan fingerprint density at radius 3 is 1.94 bits per heavy atom. The van der Waals surface area contributed by atoms with E-state index in [1.165, 1.54) is 52.8 Å². The van der Waals surface area contributed by atoms with Crippen molar-refractivity contribution in [2.45, 2.75) is 72.9 Å². The highest BCUT2D eigenvalue weighted by atomic mass is 35.5. The molecule has 5 rings (SSSR count). The Hall–Kier alpha value is -3.45. The maximum absolute atomic E-state index is 10.8. The van der Waals surface area contributed by atoms with Gasteiger partial charge in [-0.3, -0.25) is 0 Å². The van der Waals surface area contributed by atoms with E-state index < -0.39 is 11.9 Å². The Morgan fingerprint density at radius 1 is 0.837 bits per heavy atom. The van der Waals surface area contributed by atoms with Crippen LogP contribution in [0.1, 0.15) is 93.7 Å². The minimum Gasteiger partial charge on any atom is -0.508 e. The normalized spacial score (nSPS) is 14.3. The first-order chi connectivity index (χ1) is 23.3. The number of allylic oxidation sites excluding steroid dienone is 2. The number of halogens is 5. The standard InChI is InChI=1S/C34H35Cl2NO.C3H3F3O.2C2H6/c1-4-5-17-37-20-28(21-37)22(2)24-9-11-25(12-10-24)34-30-15-13-26(23(3)38)18-27(30)7-6-8-32(34)31-16-14-29(35)19-33(31)36;1-2(7)3(4,5)6;2*1-2/h9-16,18-19,28,38H,2-8,17,20-21H2,1H3;7H,1H2;2*1-2H3. The summed E-state index contributed by atoms with van der Waals surface area (Å²) in [6, 6.07) is 20.8. The lowest BCUT2D eigenvalue weighted by Gasteiger charge is -2.40. The summed E-state index contributed by atoms with van der Waals surface area (Å²) in [5.74, 6) is -1.13. The van der Waals surface area contributed by atoms with E-state index in [1.807, 2.05) is 52.0 Å². The lowest BCUT2D eigenvalue weighted by Crippen LogP contribution is -2.47. The van der Waals surface area contributed by atoms with E-state index in [0.29, 0.717) is 16.0 Å². The number of hydrogen-bond acceptors (Lipinski definition) is 3. The third-order valence-corrected chi connectivity index (χ3v) is 8.84. The van der Waals surface area contributed by atoms with Gasteiger partial charge in [-0.15, -0.1) is 0 Å². The maximum Gasteiger partial charge on any atom is 0.448 e. The van der Waals surface area contributed by atoms with Crippen molar-refractivity contribution >= 4 is 45.7 Å². The van der Waals surface area contributed by atoms with Gasteiger partial charge in [-0.05, 0) is 95.0 Å². The van der Waals surface area contributed by atoms with Gasteiger partial charge >= 0.3 is 6.18 Å². The SMILES string of the molecule is C=C(O)C(F)(F)F.C=C(O)c1ccc2c(c1)CCCC(c1ccc(Cl)cc1Cl)=C2c1ccc(C(=C)C2CN(CCCC)C2)cc1.CC.CC. The monoisotopic (exact) mass is 715 g/mol. The second kappa shape index (κ2) is 19.7. The third-order valence-electron chi connectivity index (χ3n) is 8.29. The van der Waals surface area contributed by atoms with Crippen LogP contribution in [0.4, 0.5) is 13.2 Å². The smallest absolute Gasteiger partial charge is 0.448 e. The summed E-state index contributed by atoms with van der Waals surface area (Å²) in [7, 11) is 0. The van der Waals surface area contributed by atoms with Gasteiger partial charge in [0.1, 0.15) is 5.76 Å². The van der Waals surface area contributed by atoms with Crippen LogP contribution in [0.3, 0.4) is 0 Å². The van der Waals surface area contributed by atoms with Crippen LogP contribution in [0, 0.1) is 5.92 Å². The highest BCUT2D eigenvalue weighted by Crippen LogP contribution is 2.43. The van der Waals surface area contributed by atoms with Crippen molar-refractivity contribution < 1.29 is 23.4 Å². The van der Waals surface area contributed by atoms with Crippen LogP contribution < -0.4 is 0 Å². The number of alkyl halides is 3. The van der Waals surface area contributed by atoms with Crippen molar-refractivity contribution in [3.8, 4) is 0 Å². The molecule has 1 fully saturated rings. The summed E-state index contributed by atoms with van der Waals surface area (Å²) in [5, 5.41) is 18.9. The number of aryl methyl sites for hydroxylation is 1. The molecular formula is C41H50Cl2F3NO2. The molecule has 8 heteroatoms. The van der Waals surface area contributed by atoms with Crippen LogP contribution in [0.25, 0.3) is 22.5 Å². The summed E-state index contributed by atoms with van der Waals surface area (Å²) in [4.78, 5) is 2.53. The van der Waals surface area contributed by atoms with Crippen LogP contribution in [-0.4, -0.2) is 40.9 Å². The van der Waals surface area contributed by atoms with Crippen LogP contribution in [0.15, 0.2) is 86.2 Å². The van der Waals surface area contributed by atoms with Gasteiger partial charge in [0.15, 0.2) is 5.76 Å². The number of nitrogens with zero attached hydrogens (tertiary/aromatic N) is 1. The average Bonchev–Trinajstić information content (AvgIpc) is 3.25. The van der Waals surface area contributed by atoms with Crippen molar-refractivity contribution in [2.24, 2.45) is 5.92 Å². The Kier molecular flexibility index (Phi) is 16.7. The molecule has 2 aliphatic rings. The number of aliphatic hydroxyl groups excluding tert-OH is 2. The fourth-order valence-corrected chi connectivity index (χ4v) is 6.26. The van der Waals surface area contributed by atoms with Gasteiger partial charge in [0.25, 0.3) is 0 Å². The molecule has 1 aliphatic carbocycles. The van der Waals surface area contributed by atoms with E-state index in [9.17, 15) is 18.3 Å². The molecule has 0 unspecified atom stereocenters. The molecule has 0 radical (unpaired) electrons. The summed E-state index contributed by atoms with van der Waals surface area (Å²) in [6.45, 7) is 24.1. The molecule has 0 saturated carbocycles. The Bertz CT molecular complexity index is 1600. The third kappa shape index (κ3) is 11.3. The zero-order valence-electron chi connectivity index (χ0n) is 29.4. The molecule has 3 aromatic carbocycles. The maximum atomic E-state index is 10.8. The van der Waals surface area contributed by atoms with Gasteiger partial charge in [-0.25, -0.2) is 0 Å². The summed E-state index contributed by atoms with van der Waals surface area (Å²) >= 11 is 13.0. The summed E-state index contributed by atoms with van der Waals surface area (Å²) in [6.07, 6.45) is 0.655. The molecule has 1 saturated heterocycles. The van der Waals surface area contributed by atoms with Gasteiger partial charge < -0.3 is 15.1 Å². The van der Waals surface area contributed by atoms with Gasteiger partial charge in [0, 0.05) is 34.6 Å². The largest absolute Gasteiger partial charge is 0.508 e. The second-order valence-electron chi connectivity index (χ2n) is 11.5. The first-order valence-corrected chi connectivity index (χ1v) is 17.7. The van der Waals surface area contributed by atoms with Crippen molar-refractivity contribution in [3.05, 3.63) is 130 Å². The van der Waals surface area contributed by atoms with Crippen LogP contribution in [0.2, 0.25) is 10.0 Å². The number of aliphatic hydroxyl groups is 2. The molecule has 1 heterocycles. The highest BCUT2D eigenvalue weighted by molar-refractivity contribution is 6.36. The number of rotatable bonds is 8. The number of fused-ring (bicyclic) bond motifs is 1. The van der Waals surface area contributed by atoms with Crippen molar-refractivity contribution in [3.63, 3.8) is 0 Å². The topological polar surface area (TPSA) is 43.7 Å². The molecule has 49 heavy (non-hydrogen) atoms. The molecule has 0 bridgehead atoms. The Morgan fingerprint density at radius 2 is 1.41 bits per heavy atom. The number of unbranched alkanes of at least 4 members (excludes halogenated alkanes) is 1. The number of hydrogen-bond donors (Lipinski definition) is 2. The van der Waals surface area contributed by atoms with E-state index in [1.54, 1.807) is 0 Å². The van der Waals surface area contributed by atoms with Crippen molar-refractivity contribution in [1.29, 1.82) is 0 Å². The Labute approximate surface area is 301 Å². The highest BCUT2D eigenvalue weighted by Gasteiger charge is 2.31. The van der Waals surface area contributed by atoms with Gasteiger partial charge in [-0.2, -0.15) is 13.2 Å². The second-order valence-corrected chi connectivity index (χ2v) is 12.4. The summed E-state index contributed by atoms with van der Waals surface area (Å²) < 4.78 is 32.5. The minimum absolute atomic E-state index is 0.0932. The van der Waals surface area contributed by atoms with Gasteiger partial charge in [0.05, 0.1) is 0 Å². The zero-order chi connectivity index (χ0) is 36.9. The van der Waals surface area contributed by atoms with Crippen LogP contribution in [0.5, 0.6) is 0 Å². The quantitative estimate of drug-likeness (QED) is 0.228. The average molecular weight is 717 g/mol. The lowest BCUT2D eigenvalue weighted by atomic mass is 9.84. The predicted molar refractivity (Wildman–Crippen MR) is 204 cm³/mol. The number of likely N-dealkylation sites (tertiary alicyclic amines) is 1. The molecule has 0 spiro atoms. The van der Waals surface area contributed by atoms with E-state index in [0.717, 1.165) is 49.0 Å². The first kappa shape index (κ1) is 41.7. The zero-order valence-corrected chi connectivity index (χ0v) is 30.9. The Balaban J connectivity index is 0.000000667. The van der Waals surface area contributed by atoms with E-state index >= 15 is 0 Å². The van der Waals surface area contributed by atoms with Crippen LogP contribution >= 0.6 is 23.2 Å². The van der Waals surface area contributed by atoms with E-state index in [-0.39, 0.29) is 5.76 Å². The molecule has 2 N–H and O–H groups in total. The molecular weight excluding hydrogens is 666 g/mol. The summed E-state index contributed by atoms with van der Waals surface area (Å²) in [5.41, 5.74) is 10.2. The fraction of sp³-hybridized carbons (Fsp3) is 0.366.